The second-order valence-electron chi connectivity index (χ2n) is 4.99. The Balaban J connectivity index is 1.98. The zero-order chi connectivity index (χ0) is 16.6. The molecule has 0 saturated carbocycles. The highest BCUT2D eigenvalue weighted by atomic mass is 19.4. The Morgan fingerprint density at radius 1 is 0.957 bits per heavy atom. The number of hydrogen-bond acceptors (Lipinski definition) is 4. The van der Waals surface area contributed by atoms with Crippen molar-refractivity contribution in [3.8, 4) is 22.8 Å². The van der Waals surface area contributed by atoms with Crippen LogP contribution in [-0.4, -0.2) is 15.0 Å². The van der Waals surface area contributed by atoms with Crippen LogP contribution in [0.15, 0.2) is 40.9 Å². The number of halogens is 3. The van der Waals surface area contributed by atoms with Crippen molar-refractivity contribution < 1.29 is 17.6 Å². The summed E-state index contributed by atoms with van der Waals surface area (Å²) in [7, 11) is 0. The number of nitrogens with zero attached hydrogens (tertiary/aromatic N) is 3. The molecule has 3 aromatic rings. The summed E-state index contributed by atoms with van der Waals surface area (Å²) in [5.74, 6) is 1.37. The van der Waals surface area contributed by atoms with E-state index in [1.165, 1.54) is 18.3 Å². The topological polar surface area (TPSA) is 51.8 Å². The molecule has 0 aliphatic carbocycles. The highest BCUT2D eigenvalue weighted by molar-refractivity contribution is 5.61. The first kappa shape index (κ1) is 15.2. The molecule has 2 aromatic heterocycles. The van der Waals surface area contributed by atoms with Crippen LogP contribution < -0.4 is 0 Å². The third-order valence-electron chi connectivity index (χ3n) is 3.26. The molecule has 0 radical (unpaired) electrons. The fourth-order valence-electron chi connectivity index (χ4n) is 2.20. The Hall–Kier alpha value is -2.70. The van der Waals surface area contributed by atoms with Crippen molar-refractivity contribution in [1.29, 1.82) is 0 Å². The van der Waals surface area contributed by atoms with Crippen LogP contribution in [0.4, 0.5) is 13.2 Å². The minimum absolute atomic E-state index is 0.324. The number of hydrogen-bond donors (Lipinski definition) is 0. The van der Waals surface area contributed by atoms with Crippen molar-refractivity contribution in [2.75, 3.05) is 0 Å². The van der Waals surface area contributed by atoms with Gasteiger partial charge in [0.15, 0.2) is 17.5 Å². The van der Waals surface area contributed by atoms with E-state index < -0.39 is 11.7 Å². The monoisotopic (exact) mass is 319 g/mol. The molecule has 4 nitrogen and oxygen atoms in total. The van der Waals surface area contributed by atoms with Gasteiger partial charge in [-0.05, 0) is 25.1 Å². The molecular weight excluding hydrogens is 307 g/mol. The van der Waals surface area contributed by atoms with Crippen molar-refractivity contribution >= 4 is 0 Å². The van der Waals surface area contributed by atoms with Gasteiger partial charge < -0.3 is 4.42 Å². The van der Waals surface area contributed by atoms with E-state index >= 15 is 0 Å². The first-order valence-electron chi connectivity index (χ1n) is 6.79. The summed E-state index contributed by atoms with van der Waals surface area (Å²) in [6, 6.07) is 6.38. The maximum atomic E-state index is 12.6. The van der Waals surface area contributed by atoms with Crippen molar-refractivity contribution in [3.05, 3.63) is 53.7 Å². The first-order valence-corrected chi connectivity index (χ1v) is 6.79. The second-order valence-corrected chi connectivity index (χ2v) is 4.99. The predicted octanol–water partition coefficient (Wildman–Crippen LogP) is 4.43. The molecule has 0 amide bonds. The van der Waals surface area contributed by atoms with Gasteiger partial charge in [-0.25, -0.2) is 15.0 Å². The average Bonchev–Trinajstić information content (AvgIpc) is 2.85. The Kier molecular flexibility index (Phi) is 3.63. The van der Waals surface area contributed by atoms with Gasteiger partial charge in [0.2, 0.25) is 0 Å². The van der Waals surface area contributed by atoms with Crippen molar-refractivity contribution in [2.45, 2.75) is 20.0 Å². The molecule has 23 heavy (non-hydrogen) atoms. The molecule has 0 spiro atoms. The quantitative estimate of drug-likeness (QED) is 0.701. The fraction of sp³-hybridized carbons (Fsp3) is 0.188. The van der Waals surface area contributed by atoms with E-state index in [0.29, 0.717) is 34.4 Å². The summed E-state index contributed by atoms with van der Waals surface area (Å²) < 4.78 is 43.3. The molecule has 0 aliphatic heterocycles. The second kappa shape index (κ2) is 5.49. The molecule has 1 aromatic carbocycles. The van der Waals surface area contributed by atoms with E-state index in [1.54, 1.807) is 19.9 Å². The lowest BCUT2D eigenvalue weighted by Gasteiger charge is -2.07. The van der Waals surface area contributed by atoms with Crippen LogP contribution in [0.3, 0.4) is 0 Å². The van der Waals surface area contributed by atoms with Gasteiger partial charge in [0, 0.05) is 18.7 Å². The van der Waals surface area contributed by atoms with Crippen molar-refractivity contribution in [3.63, 3.8) is 0 Å². The van der Waals surface area contributed by atoms with Crippen LogP contribution in [0.1, 0.15) is 17.1 Å². The lowest BCUT2D eigenvalue weighted by Crippen LogP contribution is -2.04. The minimum atomic E-state index is -4.37. The SMILES string of the molecule is Cc1nc(C)c(-c2ccnc(-c3ccc(C(F)(F)F)cc3)n2)o1. The lowest BCUT2D eigenvalue weighted by atomic mass is 10.1. The Morgan fingerprint density at radius 2 is 1.65 bits per heavy atom. The maximum Gasteiger partial charge on any atom is 0.416 e. The summed E-state index contributed by atoms with van der Waals surface area (Å²) in [5, 5.41) is 0. The Labute approximate surface area is 130 Å². The molecule has 0 saturated heterocycles. The smallest absolute Gasteiger partial charge is 0.416 e. The molecule has 7 heteroatoms. The van der Waals surface area contributed by atoms with E-state index in [-0.39, 0.29) is 0 Å². The highest BCUT2D eigenvalue weighted by Crippen LogP contribution is 2.31. The van der Waals surface area contributed by atoms with Gasteiger partial charge >= 0.3 is 6.18 Å². The van der Waals surface area contributed by atoms with Crippen molar-refractivity contribution in [2.24, 2.45) is 0 Å². The average molecular weight is 319 g/mol. The minimum Gasteiger partial charge on any atom is -0.439 e. The van der Waals surface area contributed by atoms with Gasteiger partial charge in [-0.3, -0.25) is 0 Å². The van der Waals surface area contributed by atoms with Crippen LogP contribution in [0.2, 0.25) is 0 Å². The van der Waals surface area contributed by atoms with Crippen LogP contribution in [0.5, 0.6) is 0 Å². The Bertz CT molecular complexity index is 839. The summed E-state index contributed by atoms with van der Waals surface area (Å²) in [5.41, 5.74) is 1.01. The van der Waals surface area contributed by atoms with Crippen LogP contribution in [0, 0.1) is 13.8 Å². The number of rotatable bonds is 2. The zero-order valence-electron chi connectivity index (χ0n) is 12.3. The van der Waals surface area contributed by atoms with Crippen LogP contribution in [0.25, 0.3) is 22.8 Å². The van der Waals surface area contributed by atoms with Crippen molar-refractivity contribution in [1.82, 2.24) is 15.0 Å². The number of aromatic nitrogens is 3. The molecule has 0 N–H and O–H groups in total. The Morgan fingerprint density at radius 3 is 2.22 bits per heavy atom. The summed E-state index contributed by atoms with van der Waals surface area (Å²) in [6.45, 7) is 3.53. The van der Waals surface area contributed by atoms with Gasteiger partial charge in [-0.1, -0.05) is 12.1 Å². The van der Waals surface area contributed by atoms with E-state index in [0.717, 1.165) is 12.1 Å². The van der Waals surface area contributed by atoms with E-state index in [1.807, 2.05) is 0 Å². The van der Waals surface area contributed by atoms with Gasteiger partial charge in [-0.15, -0.1) is 0 Å². The number of alkyl halides is 3. The summed E-state index contributed by atoms with van der Waals surface area (Å²) >= 11 is 0. The summed E-state index contributed by atoms with van der Waals surface area (Å²) in [4.78, 5) is 12.6. The van der Waals surface area contributed by atoms with Crippen LogP contribution >= 0.6 is 0 Å². The van der Waals surface area contributed by atoms with Gasteiger partial charge in [-0.2, -0.15) is 13.2 Å². The molecule has 2 heterocycles. The largest absolute Gasteiger partial charge is 0.439 e. The lowest BCUT2D eigenvalue weighted by molar-refractivity contribution is -0.137. The summed E-state index contributed by atoms with van der Waals surface area (Å²) in [6.07, 6.45) is -2.83. The van der Waals surface area contributed by atoms with Crippen LogP contribution in [-0.2, 0) is 6.18 Å². The third kappa shape index (κ3) is 3.08. The van der Waals surface area contributed by atoms with Gasteiger partial charge in [0.05, 0.1) is 11.3 Å². The predicted molar refractivity (Wildman–Crippen MR) is 77.4 cm³/mol. The molecule has 0 fully saturated rings. The molecule has 118 valence electrons. The molecule has 0 atom stereocenters. The molecule has 0 aliphatic rings. The molecule has 0 unspecified atom stereocenters. The molecule has 3 rings (SSSR count). The van der Waals surface area contributed by atoms with E-state index in [4.69, 9.17) is 4.42 Å². The first-order chi connectivity index (χ1) is 10.8. The number of benzene rings is 1. The fourth-order valence-corrected chi connectivity index (χ4v) is 2.20. The van der Waals surface area contributed by atoms with E-state index in [9.17, 15) is 13.2 Å². The number of aryl methyl sites for hydroxylation is 2. The number of oxazole rings is 1. The van der Waals surface area contributed by atoms with E-state index in [2.05, 4.69) is 15.0 Å². The van der Waals surface area contributed by atoms with Gasteiger partial charge in [0.25, 0.3) is 0 Å². The highest BCUT2D eigenvalue weighted by Gasteiger charge is 2.30. The normalized spacial score (nSPS) is 11.7. The maximum absolute atomic E-state index is 12.6. The zero-order valence-corrected chi connectivity index (χ0v) is 12.3. The molecular formula is C16H12F3N3O. The third-order valence-corrected chi connectivity index (χ3v) is 3.26. The van der Waals surface area contributed by atoms with Gasteiger partial charge in [0.1, 0.15) is 5.69 Å². The molecule has 0 bridgehead atoms. The standard InChI is InChI=1S/C16H12F3N3O/c1-9-14(23-10(2)21-9)13-7-8-20-15(22-13)11-3-5-12(6-4-11)16(17,18)19/h3-8H,1-2H3.